The molecule has 0 radical (unpaired) electrons. The molecule has 3 nitrogen and oxygen atoms in total. The van der Waals surface area contributed by atoms with E-state index >= 15 is 0 Å². The van der Waals surface area contributed by atoms with Crippen LogP contribution in [0.25, 0.3) is 0 Å². The number of nitrogens with two attached hydrogens (primary N) is 1. The SMILES string of the molecule is CCC(N)Cc1cc(Br)ccc1OCOC. The van der Waals surface area contributed by atoms with Crippen molar-refractivity contribution in [3.8, 4) is 5.75 Å². The Morgan fingerprint density at radius 2 is 2.19 bits per heavy atom. The summed E-state index contributed by atoms with van der Waals surface area (Å²) in [5.41, 5.74) is 7.06. The minimum atomic E-state index is 0.166. The molecule has 1 aromatic carbocycles. The molecule has 0 aromatic heterocycles. The molecule has 0 saturated carbocycles. The predicted molar refractivity (Wildman–Crippen MR) is 68.6 cm³/mol. The number of halogens is 1. The molecule has 0 fully saturated rings. The van der Waals surface area contributed by atoms with E-state index in [1.54, 1.807) is 7.11 Å². The van der Waals surface area contributed by atoms with Crippen LogP contribution >= 0.6 is 15.9 Å². The van der Waals surface area contributed by atoms with E-state index in [0.717, 1.165) is 28.6 Å². The number of benzene rings is 1. The van der Waals surface area contributed by atoms with Crippen LogP contribution in [0.2, 0.25) is 0 Å². The molecular formula is C12H18BrNO2. The van der Waals surface area contributed by atoms with E-state index < -0.39 is 0 Å². The highest BCUT2D eigenvalue weighted by Gasteiger charge is 2.08. The van der Waals surface area contributed by atoms with Crippen LogP contribution in [0.5, 0.6) is 5.75 Å². The highest BCUT2D eigenvalue weighted by molar-refractivity contribution is 9.10. The highest BCUT2D eigenvalue weighted by atomic mass is 79.9. The summed E-state index contributed by atoms with van der Waals surface area (Å²) >= 11 is 3.45. The first kappa shape index (κ1) is 13.5. The van der Waals surface area contributed by atoms with Crippen molar-refractivity contribution in [3.05, 3.63) is 28.2 Å². The molecule has 1 unspecified atom stereocenters. The van der Waals surface area contributed by atoms with Gasteiger partial charge >= 0.3 is 0 Å². The average Bonchev–Trinajstić information content (AvgIpc) is 2.28. The van der Waals surface area contributed by atoms with Crippen LogP contribution in [0.15, 0.2) is 22.7 Å². The number of hydrogen-bond acceptors (Lipinski definition) is 3. The molecule has 0 bridgehead atoms. The first-order valence-electron chi connectivity index (χ1n) is 5.33. The summed E-state index contributed by atoms with van der Waals surface area (Å²) in [4.78, 5) is 0. The lowest BCUT2D eigenvalue weighted by atomic mass is 10.0. The second kappa shape index (κ2) is 6.89. The number of ether oxygens (including phenoxy) is 2. The van der Waals surface area contributed by atoms with Gasteiger partial charge in [-0.2, -0.15) is 0 Å². The number of rotatable bonds is 6. The second-order valence-electron chi connectivity index (χ2n) is 3.68. The molecule has 0 saturated heterocycles. The summed E-state index contributed by atoms with van der Waals surface area (Å²) in [6.07, 6.45) is 1.77. The Morgan fingerprint density at radius 3 is 2.81 bits per heavy atom. The maximum absolute atomic E-state index is 5.95. The smallest absolute Gasteiger partial charge is 0.188 e. The quantitative estimate of drug-likeness (QED) is 0.819. The van der Waals surface area contributed by atoms with Crippen molar-refractivity contribution in [1.29, 1.82) is 0 Å². The Balaban J connectivity index is 2.80. The zero-order valence-electron chi connectivity index (χ0n) is 9.70. The van der Waals surface area contributed by atoms with Gasteiger partial charge in [-0.3, -0.25) is 0 Å². The van der Waals surface area contributed by atoms with Gasteiger partial charge in [0.15, 0.2) is 6.79 Å². The molecule has 16 heavy (non-hydrogen) atoms. The number of hydrogen-bond donors (Lipinski definition) is 1. The molecule has 0 amide bonds. The van der Waals surface area contributed by atoms with Crippen molar-refractivity contribution in [3.63, 3.8) is 0 Å². The number of methoxy groups -OCH3 is 1. The zero-order valence-corrected chi connectivity index (χ0v) is 11.3. The van der Waals surface area contributed by atoms with Crippen molar-refractivity contribution >= 4 is 15.9 Å². The summed E-state index contributed by atoms with van der Waals surface area (Å²) in [6.45, 7) is 2.34. The summed E-state index contributed by atoms with van der Waals surface area (Å²) in [5, 5.41) is 0. The van der Waals surface area contributed by atoms with E-state index in [4.69, 9.17) is 15.2 Å². The molecule has 1 aromatic rings. The first-order chi connectivity index (χ1) is 7.67. The van der Waals surface area contributed by atoms with Gasteiger partial charge in [-0.1, -0.05) is 22.9 Å². The third-order valence-electron chi connectivity index (χ3n) is 2.36. The molecule has 0 spiro atoms. The van der Waals surface area contributed by atoms with Gasteiger partial charge < -0.3 is 15.2 Å². The van der Waals surface area contributed by atoms with E-state index in [-0.39, 0.29) is 12.8 Å². The predicted octanol–water partition coefficient (Wildman–Crippen LogP) is 2.71. The Bertz CT molecular complexity index is 331. The van der Waals surface area contributed by atoms with Crippen molar-refractivity contribution in [1.82, 2.24) is 0 Å². The van der Waals surface area contributed by atoms with Crippen LogP contribution in [0, 0.1) is 0 Å². The monoisotopic (exact) mass is 287 g/mol. The Labute approximate surface area is 105 Å². The maximum Gasteiger partial charge on any atom is 0.188 e. The molecule has 4 heteroatoms. The van der Waals surface area contributed by atoms with E-state index in [1.165, 1.54) is 0 Å². The van der Waals surface area contributed by atoms with Gasteiger partial charge in [-0.15, -0.1) is 0 Å². The molecule has 0 aliphatic heterocycles. The third-order valence-corrected chi connectivity index (χ3v) is 2.85. The normalized spacial score (nSPS) is 12.5. The van der Waals surface area contributed by atoms with Crippen molar-refractivity contribution in [2.45, 2.75) is 25.8 Å². The standard InChI is InChI=1S/C12H18BrNO2/c1-3-11(14)7-9-6-10(13)4-5-12(9)16-8-15-2/h4-6,11H,3,7-8,14H2,1-2H3. The lowest BCUT2D eigenvalue weighted by molar-refractivity contribution is 0.0503. The van der Waals surface area contributed by atoms with E-state index in [9.17, 15) is 0 Å². The summed E-state index contributed by atoms with van der Waals surface area (Å²) in [7, 11) is 1.61. The fraction of sp³-hybridized carbons (Fsp3) is 0.500. The Hall–Kier alpha value is -0.580. The molecule has 0 aliphatic carbocycles. The highest BCUT2D eigenvalue weighted by Crippen LogP contribution is 2.24. The van der Waals surface area contributed by atoms with Crippen molar-refractivity contribution in [2.75, 3.05) is 13.9 Å². The second-order valence-corrected chi connectivity index (χ2v) is 4.59. The first-order valence-corrected chi connectivity index (χ1v) is 6.12. The third kappa shape index (κ3) is 4.12. The lowest BCUT2D eigenvalue weighted by Gasteiger charge is -2.14. The topological polar surface area (TPSA) is 44.5 Å². The van der Waals surface area contributed by atoms with E-state index in [2.05, 4.69) is 22.9 Å². The van der Waals surface area contributed by atoms with Crippen LogP contribution in [0.4, 0.5) is 0 Å². The van der Waals surface area contributed by atoms with Crippen LogP contribution < -0.4 is 10.5 Å². The van der Waals surface area contributed by atoms with Gasteiger partial charge in [0.2, 0.25) is 0 Å². The van der Waals surface area contributed by atoms with Crippen LogP contribution in [0.1, 0.15) is 18.9 Å². The van der Waals surface area contributed by atoms with E-state index in [0.29, 0.717) is 0 Å². The molecule has 0 heterocycles. The molecule has 0 aliphatic rings. The molecular weight excluding hydrogens is 270 g/mol. The molecule has 2 N–H and O–H groups in total. The van der Waals surface area contributed by atoms with Gasteiger partial charge in [0, 0.05) is 17.6 Å². The van der Waals surface area contributed by atoms with E-state index in [1.807, 2.05) is 18.2 Å². The average molecular weight is 288 g/mol. The summed E-state index contributed by atoms with van der Waals surface area (Å²) in [5.74, 6) is 0.842. The Morgan fingerprint density at radius 1 is 1.44 bits per heavy atom. The summed E-state index contributed by atoms with van der Waals surface area (Å²) in [6, 6.07) is 6.09. The van der Waals surface area contributed by atoms with Gasteiger partial charge in [0.05, 0.1) is 0 Å². The van der Waals surface area contributed by atoms with Crippen molar-refractivity contribution < 1.29 is 9.47 Å². The largest absolute Gasteiger partial charge is 0.467 e. The zero-order chi connectivity index (χ0) is 12.0. The minimum absolute atomic E-state index is 0.166. The molecule has 1 atom stereocenters. The Kier molecular flexibility index (Phi) is 5.80. The van der Waals surface area contributed by atoms with Crippen LogP contribution in [0.3, 0.4) is 0 Å². The minimum Gasteiger partial charge on any atom is -0.467 e. The fourth-order valence-electron chi connectivity index (χ4n) is 1.40. The lowest BCUT2D eigenvalue weighted by Crippen LogP contribution is -2.21. The van der Waals surface area contributed by atoms with Crippen LogP contribution in [-0.4, -0.2) is 19.9 Å². The van der Waals surface area contributed by atoms with Crippen molar-refractivity contribution in [2.24, 2.45) is 5.73 Å². The molecule has 90 valence electrons. The van der Waals surface area contributed by atoms with Crippen LogP contribution in [-0.2, 0) is 11.2 Å². The maximum atomic E-state index is 5.95. The summed E-state index contributed by atoms with van der Waals surface area (Å²) < 4.78 is 11.4. The fourth-order valence-corrected chi connectivity index (χ4v) is 1.81. The van der Waals surface area contributed by atoms with Gasteiger partial charge in [0.1, 0.15) is 5.75 Å². The van der Waals surface area contributed by atoms with Gasteiger partial charge in [-0.25, -0.2) is 0 Å². The van der Waals surface area contributed by atoms with Gasteiger partial charge in [-0.05, 0) is 36.6 Å². The van der Waals surface area contributed by atoms with Gasteiger partial charge in [0.25, 0.3) is 0 Å². The molecule has 1 rings (SSSR count).